The summed E-state index contributed by atoms with van der Waals surface area (Å²) in [5.41, 5.74) is 2.57. The Hall–Kier alpha value is -1.63. The number of hydrogen-bond donors (Lipinski definition) is 1. The van der Waals surface area contributed by atoms with Crippen LogP contribution in [0.5, 0.6) is 0 Å². The predicted molar refractivity (Wildman–Crippen MR) is 93.1 cm³/mol. The highest BCUT2D eigenvalue weighted by Gasteiger charge is 2.03. The molecule has 3 heterocycles. The number of carbonyl (C=O) groups is 1. The largest absolute Gasteiger partial charge is 0.347 e. The van der Waals surface area contributed by atoms with Gasteiger partial charge in [0.25, 0.3) is 0 Å². The van der Waals surface area contributed by atoms with E-state index < -0.39 is 0 Å². The number of amides is 1. The lowest BCUT2D eigenvalue weighted by molar-refractivity contribution is -0.116. The third-order valence-corrected chi connectivity index (χ3v) is 4.67. The summed E-state index contributed by atoms with van der Waals surface area (Å²) in [5.74, 6) is -0.155. The van der Waals surface area contributed by atoms with Gasteiger partial charge >= 0.3 is 0 Å². The second-order valence-corrected chi connectivity index (χ2v) is 7.31. The molecule has 7 heteroatoms. The summed E-state index contributed by atoms with van der Waals surface area (Å²) in [6, 6.07) is 5.58. The minimum Gasteiger partial charge on any atom is -0.347 e. The van der Waals surface area contributed by atoms with Gasteiger partial charge in [-0.3, -0.25) is 4.79 Å². The highest BCUT2D eigenvalue weighted by molar-refractivity contribution is 9.11. The lowest BCUT2D eigenvalue weighted by Crippen LogP contribution is -2.20. The second kappa shape index (κ2) is 6.64. The molecule has 1 amide bonds. The number of nitrogens with one attached hydrogen (secondary N) is 1. The van der Waals surface area contributed by atoms with Crippen molar-refractivity contribution in [3.63, 3.8) is 0 Å². The van der Waals surface area contributed by atoms with E-state index in [9.17, 15) is 4.79 Å². The summed E-state index contributed by atoms with van der Waals surface area (Å²) >= 11 is 10.9. The van der Waals surface area contributed by atoms with E-state index in [1.807, 2.05) is 28.1 Å². The van der Waals surface area contributed by atoms with Crippen LogP contribution >= 0.6 is 38.9 Å². The summed E-state index contributed by atoms with van der Waals surface area (Å²) in [6.07, 6.45) is 6.92. The fraction of sp³-hybridized carbons (Fsp3) is 0.0667. The van der Waals surface area contributed by atoms with Gasteiger partial charge in [-0.1, -0.05) is 11.6 Å². The fourth-order valence-electron chi connectivity index (χ4n) is 1.92. The Morgan fingerprint density at radius 2 is 2.32 bits per heavy atom. The highest BCUT2D eigenvalue weighted by Crippen LogP contribution is 2.21. The summed E-state index contributed by atoms with van der Waals surface area (Å²) in [6.45, 7) is 0.371. The molecule has 4 nitrogen and oxygen atoms in total. The molecule has 0 fully saturated rings. The fourth-order valence-corrected chi connectivity index (χ4v) is 3.23. The highest BCUT2D eigenvalue weighted by atomic mass is 79.9. The predicted octanol–water partition coefficient (Wildman–Crippen LogP) is 4.14. The van der Waals surface area contributed by atoms with Gasteiger partial charge in [-0.25, -0.2) is 4.98 Å². The first-order valence-electron chi connectivity index (χ1n) is 6.43. The van der Waals surface area contributed by atoms with Gasteiger partial charge in [0.15, 0.2) is 0 Å². The van der Waals surface area contributed by atoms with Crippen molar-refractivity contribution in [1.29, 1.82) is 0 Å². The average Bonchev–Trinajstić information content (AvgIpc) is 3.08. The van der Waals surface area contributed by atoms with E-state index in [4.69, 9.17) is 11.6 Å². The summed E-state index contributed by atoms with van der Waals surface area (Å²) in [4.78, 5) is 16.2. The Labute approximate surface area is 144 Å². The van der Waals surface area contributed by atoms with Gasteiger partial charge in [-0.05, 0) is 51.1 Å². The number of imidazole rings is 1. The van der Waals surface area contributed by atoms with Crippen LogP contribution in [0.25, 0.3) is 11.7 Å². The van der Waals surface area contributed by atoms with Crippen molar-refractivity contribution >= 4 is 56.5 Å². The lowest BCUT2D eigenvalue weighted by atomic mass is 10.3. The first-order chi connectivity index (χ1) is 10.6. The number of fused-ring (bicyclic) bond motifs is 1. The first kappa shape index (κ1) is 15.3. The monoisotopic (exact) mass is 395 g/mol. The third-order valence-electron chi connectivity index (χ3n) is 2.92. The van der Waals surface area contributed by atoms with Crippen molar-refractivity contribution < 1.29 is 4.79 Å². The van der Waals surface area contributed by atoms with E-state index in [1.54, 1.807) is 29.7 Å². The zero-order valence-electron chi connectivity index (χ0n) is 11.3. The van der Waals surface area contributed by atoms with Crippen molar-refractivity contribution in [2.75, 3.05) is 0 Å². The van der Waals surface area contributed by atoms with E-state index in [0.717, 1.165) is 20.7 Å². The smallest absolute Gasteiger partial charge is 0.244 e. The number of hydrogen-bond acceptors (Lipinski definition) is 3. The molecule has 0 saturated heterocycles. The van der Waals surface area contributed by atoms with Gasteiger partial charge in [-0.2, -0.15) is 0 Å². The molecule has 0 unspecified atom stereocenters. The zero-order chi connectivity index (χ0) is 15.5. The number of carbonyl (C=O) groups excluding carboxylic acids is 1. The van der Waals surface area contributed by atoms with Crippen LogP contribution in [0.1, 0.15) is 11.3 Å². The number of pyridine rings is 1. The Morgan fingerprint density at radius 3 is 3.09 bits per heavy atom. The molecule has 3 aromatic rings. The minimum atomic E-state index is -0.155. The van der Waals surface area contributed by atoms with E-state index in [2.05, 4.69) is 26.2 Å². The van der Waals surface area contributed by atoms with E-state index in [-0.39, 0.29) is 5.91 Å². The van der Waals surface area contributed by atoms with E-state index in [0.29, 0.717) is 11.6 Å². The van der Waals surface area contributed by atoms with Crippen LogP contribution in [0.4, 0.5) is 0 Å². The third kappa shape index (κ3) is 3.76. The van der Waals surface area contributed by atoms with Gasteiger partial charge in [0.1, 0.15) is 5.65 Å². The lowest BCUT2D eigenvalue weighted by Gasteiger charge is -1.97. The van der Waals surface area contributed by atoms with Crippen LogP contribution < -0.4 is 5.32 Å². The van der Waals surface area contributed by atoms with E-state index >= 15 is 0 Å². The molecule has 0 aliphatic rings. The maximum atomic E-state index is 11.8. The van der Waals surface area contributed by atoms with Crippen molar-refractivity contribution in [3.8, 4) is 0 Å². The molecule has 0 radical (unpaired) electrons. The van der Waals surface area contributed by atoms with Gasteiger partial charge in [0.2, 0.25) is 5.91 Å². The number of halogens is 2. The number of thiophene rings is 1. The van der Waals surface area contributed by atoms with Crippen molar-refractivity contribution in [2.45, 2.75) is 6.54 Å². The average molecular weight is 397 g/mol. The van der Waals surface area contributed by atoms with Crippen LogP contribution in [0.3, 0.4) is 0 Å². The molecule has 0 saturated carbocycles. The number of rotatable bonds is 4. The molecule has 0 aliphatic heterocycles. The maximum absolute atomic E-state index is 11.8. The van der Waals surface area contributed by atoms with E-state index in [1.165, 1.54) is 6.08 Å². The number of nitrogens with zero attached hydrogens (tertiary/aromatic N) is 2. The summed E-state index contributed by atoms with van der Waals surface area (Å²) < 4.78 is 2.87. The maximum Gasteiger partial charge on any atom is 0.244 e. The van der Waals surface area contributed by atoms with Crippen LogP contribution in [-0.2, 0) is 11.3 Å². The molecular formula is C15H11BrClN3OS. The van der Waals surface area contributed by atoms with Crippen molar-refractivity contribution in [2.24, 2.45) is 0 Å². The molecule has 0 atom stereocenters. The van der Waals surface area contributed by atoms with Gasteiger partial charge in [0, 0.05) is 18.5 Å². The van der Waals surface area contributed by atoms with Crippen LogP contribution in [0.15, 0.2) is 45.8 Å². The first-order valence-corrected chi connectivity index (χ1v) is 8.48. The molecule has 3 rings (SSSR count). The Balaban J connectivity index is 1.61. The Kier molecular flexibility index (Phi) is 4.61. The van der Waals surface area contributed by atoms with Gasteiger partial charge < -0.3 is 9.72 Å². The molecule has 1 N–H and O–H groups in total. The summed E-state index contributed by atoms with van der Waals surface area (Å²) in [7, 11) is 0. The van der Waals surface area contributed by atoms with Crippen molar-refractivity contribution in [3.05, 3.63) is 62.1 Å². The standard InChI is InChI=1S/C15H11BrClN3OS/c16-13-5-10(9-22-13)1-4-15(21)18-6-12-8-20-7-11(17)2-3-14(20)19-12/h1-5,7-9H,6H2,(H,18,21). The van der Waals surface area contributed by atoms with Gasteiger partial charge in [-0.15, -0.1) is 11.3 Å². The molecule has 0 aliphatic carbocycles. The summed E-state index contributed by atoms with van der Waals surface area (Å²) in [5, 5.41) is 5.42. The minimum absolute atomic E-state index is 0.155. The topological polar surface area (TPSA) is 46.4 Å². The van der Waals surface area contributed by atoms with Crippen LogP contribution in [-0.4, -0.2) is 15.3 Å². The molecule has 112 valence electrons. The second-order valence-electron chi connectivity index (χ2n) is 4.58. The van der Waals surface area contributed by atoms with Crippen LogP contribution in [0.2, 0.25) is 5.02 Å². The van der Waals surface area contributed by atoms with Crippen molar-refractivity contribution in [1.82, 2.24) is 14.7 Å². The molecule has 3 aromatic heterocycles. The molecule has 0 bridgehead atoms. The Morgan fingerprint density at radius 1 is 1.45 bits per heavy atom. The van der Waals surface area contributed by atoms with Crippen LogP contribution in [0, 0.1) is 0 Å². The molecule has 0 spiro atoms. The SMILES string of the molecule is O=C(C=Cc1csc(Br)c1)NCc1cn2cc(Cl)ccc2n1. The number of aromatic nitrogens is 2. The zero-order valence-corrected chi connectivity index (χ0v) is 14.5. The van der Waals surface area contributed by atoms with Gasteiger partial charge in [0.05, 0.1) is 21.0 Å². The molecule has 0 aromatic carbocycles. The Bertz CT molecular complexity index is 855. The molecular weight excluding hydrogens is 386 g/mol. The molecule has 22 heavy (non-hydrogen) atoms. The normalized spacial score (nSPS) is 11.4. The quantitative estimate of drug-likeness (QED) is 0.674.